The predicted octanol–water partition coefficient (Wildman–Crippen LogP) is 3.20. The third-order valence-corrected chi connectivity index (χ3v) is 7.09. The summed E-state index contributed by atoms with van der Waals surface area (Å²) in [6.07, 6.45) is 0.851. The molecule has 6 heteroatoms. The fraction of sp³-hybridized carbons (Fsp3) is 0.481. The molecule has 0 aliphatic carbocycles. The first-order chi connectivity index (χ1) is 16.0. The Kier molecular flexibility index (Phi) is 7.46. The van der Waals surface area contributed by atoms with Crippen molar-refractivity contribution in [3.63, 3.8) is 0 Å². The van der Waals surface area contributed by atoms with Crippen molar-refractivity contribution < 1.29 is 14.3 Å². The summed E-state index contributed by atoms with van der Waals surface area (Å²) < 4.78 is 4.99. The number of nitrogens with one attached hydrogen (secondary N) is 1. The number of carbonyl (C=O) groups is 2. The van der Waals surface area contributed by atoms with E-state index in [1.807, 2.05) is 50.2 Å². The first-order valence-electron chi connectivity index (χ1n) is 11.9. The van der Waals surface area contributed by atoms with E-state index in [9.17, 15) is 9.59 Å². The summed E-state index contributed by atoms with van der Waals surface area (Å²) in [5.41, 5.74) is 4.10. The van der Waals surface area contributed by atoms with E-state index >= 15 is 0 Å². The van der Waals surface area contributed by atoms with E-state index in [-0.39, 0.29) is 24.5 Å². The molecule has 2 unspecified atom stereocenters. The number of nitrogens with zero attached hydrogens (tertiary/aromatic N) is 2. The van der Waals surface area contributed by atoms with Gasteiger partial charge in [-0.3, -0.25) is 9.59 Å². The molecule has 0 spiro atoms. The van der Waals surface area contributed by atoms with E-state index in [1.54, 1.807) is 0 Å². The molecule has 0 saturated carbocycles. The molecule has 2 saturated heterocycles. The van der Waals surface area contributed by atoms with Gasteiger partial charge in [0.15, 0.2) is 0 Å². The lowest BCUT2D eigenvalue weighted by Crippen LogP contribution is -2.36. The molecule has 176 valence electrons. The first kappa shape index (κ1) is 23.5. The van der Waals surface area contributed by atoms with E-state index in [0.717, 1.165) is 61.4 Å². The number of fused-ring (bicyclic) bond motifs is 1. The smallest absolute Gasteiger partial charge is 0.254 e. The SMILES string of the molecule is COCC(=O)N[C@@H](CCN1CC2CN(C(=O)c3c(C)cccc3C)CC2C1)c1ccccc1. The van der Waals surface area contributed by atoms with Gasteiger partial charge in [-0.1, -0.05) is 48.5 Å². The van der Waals surface area contributed by atoms with Gasteiger partial charge in [0.2, 0.25) is 5.91 Å². The fourth-order valence-corrected chi connectivity index (χ4v) is 5.43. The number of carbonyl (C=O) groups excluding carboxylic acids is 2. The van der Waals surface area contributed by atoms with Gasteiger partial charge in [0.25, 0.3) is 5.91 Å². The van der Waals surface area contributed by atoms with Crippen molar-refractivity contribution >= 4 is 11.8 Å². The van der Waals surface area contributed by atoms with Crippen molar-refractivity contribution in [2.75, 3.05) is 46.4 Å². The molecule has 2 heterocycles. The first-order valence-corrected chi connectivity index (χ1v) is 11.9. The number of amides is 2. The van der Waals surface area contributed by atoms with Crippen LogP contribution >= 0.6 is 0 Å². The highest BCUT2D eigenvalue weighted by atomic mass is 16.5. The Balaban J connectivity index is 1.33. The van der Waals surface area contributed by atoms with E-state index in [1.165, 1.54) is 7.11 Å². The number of methoxy groups -OCH3 is 1. The summed E-state index contributed by atoms with van der Waals surface area (Å²) in [6, 6.07) is 16.2. The number of benzene rings is 2. The van der Waals surface area contributed by atoms with Gasteiger partial charge in [0.1, 0.15) is 6.61 Å². The predicted molar refractivity (Wildman–Crippen MR) is 129 cm³/mol. The molecule has 33 heavy (non-hydrogen) atoms. The highest BCUT2D eigenvalue weighted by Crippen LogP contribution is 2.33. The van der Waals surface area contributed by atoms with Gasteiger partial charge in [-0.25, -0.2) is 0 Å². The molecule has 2 amide bonds. The molecular weight excluding hydrogens is 414 g/mol. The minimum atomic E-state index is -0.0923. The van der Waals surface area contributed by atoms with E-state index in [0.29, 0.717) is 11.8 Å². The van der Waals surface area contributed by atoms with Gasteiger partial charge in [-0.15, -0.1) is 0 Å². The van der Waals surface area contributed by atoms with Gasteiger partial charge in [-0.2, -0.15) is 0 Å². The van der Waals surface area contributed by atoms with Crippen LogP contribution in [0.4, 0.5) is 0 Å². The lowest BCUT2D eigenvalue weighted by molar-refractivity contribution is -0.125. The van der Waals surface area contributed by atoms with E-state index in [4.69, 9.17) is 4.74 Å². The van der Waals surface area contributed by atoms with Crippen molar-refractivity contribution in [1.29, 1.82) is 0 Å². The molecule has 4 rings (SSSR count). The van der Waals surface area contributed by atoms with Crippen LogP contribution in [0.3, 0.4) is 0 Å². The Morgan fingerprint density at radius 3 is 2.21 bits per heavy atom. The zero-order valence-electron chi connectivity index (χ0n) is 19.9. The average Bonchev–Trinajstić information content (AvgIpc) is 3.36. The lowest BCUT2D eigenvalue weighted by Gasteiger charge is -2.25. The largest absolute Gasteiger partial charge is 0.375 e. The normalized spacial score (nSPS) is 21.1. The summed E-state index contributed by atoms with van der Waals surface area (Å²) >= 11 is 0. The number of hydrogen-bond donors (Lipinski definition) is 1. The van der Waals surface area contributed by atoms with Gasteiger partial charge < -0.3 is 19.9 Å². The molecule has 0 radical (unpaired) electrons. The quantitative estimate of drug-likeness (QED) is 0.672. The lowest BCUT2D eigenvalue weighted by atomic mass is 10.0. The summed E-state index contributed by atoms with van der Waals surface area (Å²) in [6.45, 7) is 8.72. The molecule has 2 aliphatic heterocycles. The summed E-state index contributed by atoms with van der Waals surface area (Å²) in [7, 11) is 1.54. The second-order valence-electron chi connectivity index (χ2n) is 9.51. The van der Waals surface area contributed by atoms with E-state index < -0.39 is 0 Å². The monoisotopic (exact) mass is 449 g/mol. The number of likely N-dealkylation sites (tertiary alicyclic amines) is 2. The maximum atomic E-state index is 13.2. The van der Waals surface area contributed by atoms with Gasteiger partial charge in [0, 0.05) is 45.4 Å². The zero-order chi connectivity index (χ0) is 23.4. The molecule has 1 N–H and O–H groups in total. The van der Waals surface area contributed by atoms with Crippen LogP contribution < -0.4 is 5.32 Å². The van der Waals surface area contributed by atoms with Crippen molar-refractivity contribution in [2.45, 2.75) is 26.3 Å². The van der Waals surface area contributed by atoms with Crippen LogP contribution in [-0.4, -0.2) is 68.1 Å². The summed E-state index contributed by atoms with van der Waals surface area (Å²) in [5, 5.41) is 3.12. The highest BCUT2D eigenvalue weighted by Gasteiger charge is 2.42. The van der Waals surface area contributed by atoms with Gasteiger partial charge >= 0.3 is 0 Å². The Morgan fingerprint density at radius 1 is 0.970 bits per heavy atom. The maximum Gasteiger partial charge on any atom is 0.254 e. The number of aryl methyl sites for hydroxylation is 2. The number of hydrogen-bond acceptors (Lipinski definition) is 4. The van der Waals surface area contributed by atoms with Crippen LogP contribution in [0.25, 0.3) is 0 Å². The van der Waals surface area contributed by atoms with Gasteiger partial charge in [-0.05, 0) is 48.8 Å². The van der Waals surface area contributed by atoms with Crippen molar-refractivity contribution in [1.82, 2.24) is 15.1 Å². The summed E-state index contributed by atoms with van der Waals surface area (Å²) in [5.74, 6) is 1.13. The summed E-state index contributed by atoms with van der Waals surface area (Å²) in [4.78, 5) is 29.9. The fourth-order valence-electron chi connectivity index (χ4n) is 5.43. The average molecular weight is 450 g/mol. The topological polar surface area (TPSA) is 61.9 Å². The maximum absolute atomic E-state index is 13.2. The third-order valence-electron chi connectivity index (χ3n) is 7.09. The zero-order valence-corrected chi connectivity index (χ0v) is 19.9. The minimum Gasteiger partial charge on any atom is -0.375 e. The van der Waals surface area contributed by atoms with Crippen LogP contribution in [0.5, 0.6) is 0 Å². The standard InChI is InChI=1S/C27H35N3O3/c1-19-8-7-9-20(2)26(19)27(32)30-16-22-14-29(15-23(22)17-30)13-12-24(28-25(31)18-33-3)21-10-5-4-6-11-21/h4-11,22-24H,12-18H2,1-3H3,(H,28,31)/t22?,23?,24-/m0/s1. The highest BCUT2D eigenvalue weighted by molar-refractivity contribution is 5.97. The third kappa shape index (κ3) is 5.45. The van der Waals surface area contributed by atoms with Crippen LogP contribution in [0.15, 0.2) is 48.5 Å². The molecule has 6 nitrogen and oxygen atoms in total. The molecule has 2 aromatic rings. The van der Waals surface area contributed by atoms with Crippen molar-refractivity contribution in [3.05, 3.63) is 70.8 Å². The minimum absolute atomic E-state index is 0.0311. The number of ether oxygens (including phenoxy) is 1. The van der Waals surface area contributed by atoms with Crippen LogP contribution in [-0.2, 0) is 9.53 Å². The number of rotatable bonds is 8. The molecule has 0 aromatic heterocycles. The molecule has 2 fully saturated rings. The van der Waals surface area contributed by atoms with Crippen molar-refractivity contribution in [3.8, 4) is 0 Å². The molecule has 3 atom stereocenters. The Hall–Kier alpha value is -2.70. The van der Waals surface area contributed by atoms with Crippen LogP contribution in [0.1, 0.15) is 39.5 Å². The second kappa shape index (κ2) is 10.5. The van der Waals surface area contributed by atoms with Crippen LogP contribution in [0, 0.1) is 25.7 Å². The molecule has 2 aromatic carbocycles. The van der Waals surface area contributed by atoms with Crippen LogP contribution in [0.2, 0.25) is 0 Å². The Labute approximate surface area is 196 Å². The van der Waals surface area contributed by atoms with Crippen molar-refractivity contribution in [2.24, 2.45) is 11.8 Å². The molecule has 0 bridgehead atoms. The van der Waals surface area contributed by atoms with E-state index in [2.05, 4.69) is 27.2 Å². The molecular formula is C27H35N3O3. The second-order valence-corrected chi connectivity index (χ2v) is 9.51. The Bertz CT molecular complexity index is 944. The van der Waals surface area contributed by atoms with Gasteiger partial charge in [0.05, 0.1) is 6.04 Å². The Morgan fingerprint density at radius 2 is 1.61 bits per heavy atom. The molecule has 2 aliphatic rings.